The van der Waals surface area contributed by atoms with Gasteiger partial charge in [-0.2, -0.15) is 0 Å². The zero-order valence-electron chi connectivity index (χ0n) is 17.0. The molecule has 2 aromatic rings. The van der Waals surface area contributed by atoms with Gasteiger partial charge in [0, 0.05) is 37.5 Å². The maximum Gasteiger partial charge on any atom is 0.300 e. The molecule has 8 nitrogen and oxygen atoms in total. The van der Waals surface area contributed by atoms with E-state index >= 15 is 0 Å². The van der Waals surface area contributed by atoms with Crippen LogP contribution in [0.3, 0.4) is 0 Å². The Labute approximate surface area is 170 Å². The lowest BCUT2D eigenvalue weighted by Gasteiger charge is -2.17. The zero-order valence-corrected chi connectivity index (χ0v) is 17.0. The summed E-state index contributed by atoms with van der Waals surface area (Å²) in [6.45, 7) is 5.27. The van der Waals surface area contributed by atoms with E-state index in [0.29, 0.717) is 43.3 Å². The fourth-order valence-electron chi connectivity index (χ4n) is 2.92. The number of ether oxygens (including phenoxy) is 2. The number of aryl methyl sites for hydroxylation is 1. The van der Waals surface area contributed by atoms with Crippen molar-refractivity contribution in [3.05, 3.63) is 52.8 Å². The van der Waals surface area contributed by atoms with E-state index in [2.05, 4.69) is 4.98 Å². The van der Waals surface area contributed by atoms with Crippen molar-refractivity contribution in [2.24, 2.45) is 5.73 Å². The Morgan fingerprint density at radius 1 is 1.21 bits per heavy atom. The molecule has 0 fully saturated rings. The molecule has 3 rings (SSSR count). The minimum atomic E-state index is -0.833. The maximum absolute atomic E-state index is 12.9. The van der Waals surface area contributed by atoms with Gasteiger partial charge in [0.05, 0.1) is 13.7 Å². The SMILES string of the molecule is CC(=O)O.COc1ccc(C(=O)N2Cc3cnc(C)cc3C2)cc1OCCCN. The average molecular weight is 401 g/mol. The summed E-state index contributed by atoms with van der Waals surface area (Å²) in [5.41, 5.74) is 9.31. The number of pyridine rings is 1. The van der Waals surface area contributed by atoms with Gasteiger partial charge in [0.15, 0.2) is 11.5 Å². The first-order valence-corrected chi connectivity index (χ1v) is 9.29. The highest BCUT2D eigenvalue weighted by Crippen LogP contribution is 2.30. The molecule has 0 saturated heterocycles. The van der Waals surface area contributed by atoms with E-state index in [1.165, 1.54) is 0 Å². The topological polar surface area (TPSA) is 115 Å². The molecule has 0 radical (unpaired) electrons. The van der Waals surface area contributed by atoms with E-state index in [9.17, 15) is 4.79 Å². The van der Waals surface area contributed by atoms with Crippen molar-refractivity contribution in [3.63, 3.8) is 0 Å². The van der Waals surface area contributed by atoms with Crippen molar-refractivity contribution in [2.45, 2.75) is 33.4 Å². The molecule has 1 aliphatic rings. The molecule has 0 bridgehead atoms. The number of methoxy groups -OCH3 is 1. The quantitative estimate of drug-likeness (QED) is 0.714. The van der Waals surface area contributed by atoms with Crippen LogP contribution >= 0.6 is 0 Å². The van der Waals surface area contributed by atoms with Crippen LogP contribution in [-0.4, -0.2) is 47.1 Å². The smallest absolute Gasteiger partial charge is 0.300 e. The molecule has 1 amide bonds. The monoisotopic (exact) mass is 401 g/mol. The van der Waals surface area contributed by atoms with E-state index in [-0.39, 0.29) is 5.91 Å². The standard InChI is InChI=1S/C19H23N3O3.C2H4O2/c1-13-8-15-11-22(12-16(15)10-21-13)19(23)14-4-5-17(24-2)18(9-14)25-7-3-6-20;1-2(3)4/h4-5,8-10H,3,6-7,11-12,20H2,1-2H3;1H3,(H,3,4). The van der Waals surface area contributed by atoms with Crippen LogP contribution in [0, 0.1) is 6.92 Å². The maximum atomic E-state index is 12.9. The minimum absolute atomic E-state index is 0.0276. The fourth-order valence-corrected chi connectivity index (χ4v) is 2.92. The van der Waals surface area contributed by atoms with Crippen LogP contribution in [0.5, 0.6) is 11.5 Å². The average Bonchev–Trinajstić information content (AvgIpc) is 3.10. The van der Waals surface area contributed by atoms with Crippen LogP contribution in [0.4, 0.5) is 0 Å². The molecule has 29 heavy (non-hydrogen) atoms. The Hall–Kier alpha value is -3.13. The first-order chi connectivity index (χ1) is 13.8. The summed E-state index contributed by atoms with van der Waals surface area (Å²) < 4.78 is 11.0. The van der Waals surface area contributed by atoms with Crippen molar-refractivity contribution < 1.29 is 24.2 Å². The third-order valence-electron chi connectivity index (χ3n) is 4.25. The molecule has 1 aliphatic heterocycles. The number of benzene rings is 1. The van der Waals surface area contributed by atoms with Crippen LogP contribution in [0.15, 0.2) is 30.5 Å². The molecule has 1 aromatic carbocycles. The van der Waals surface area contributed by atoms with Crippen molar-refractivity contribution in [3.8, 4) is 11.5 Å². The Kier molecular flexibility index (Phi) is 7.97. The third-order valence-corrected chi connectivity index (χ3v) is 4.25. The highest BCUT2D eigenvalue weighted by atomic mass is 16.5. The molecule has 156 valence electrons. The van der Waals surface area contributed by atoms with Crippen LogP contribution in [0.1, 0.15) is 40.5 Å². The van der Waals surface area contributed by atoms with E-state index < -0.39 is 5.97 Å². The number of carboxylic acids is 1. The van der Waals surface area contributed by atoms with Crippen molar-refractivity contribution in [1.29, 1.82) is 0 Å². The molecular formula is C21H27N3O5. The molecule has 0 saturated carbocycles. The molecule has 0 unspecified atom stereocenters. The van der Waals surface area contributed by atoms with Gasteiger partial charge in [-0.25, -0.2) is 0 Å². The largest absolute Gasteiger partial charge is 0.493 e. The van der Waals surface area contributed by atoms with Gasteiger partial charge in [-0.05, 0) is 55.3 Å². The predicted molar refractivity (Wildman–Crippen MR) is 108 cm³/mol. The number of hydrogen-bond acceptors (Lipinski definition) is 6. The zero-order chi connectivity index (χ0) is 21.4. The molecule has 1 aromatic heterocycles. The molecule has 0 spiro atoms. The van der Waals surface area contributed by atoms with Gasteiger partial charge in [0.25, 0.3) is 11.9 Å². The lowest BCUT2D eigenvalue weighted by molar-refractivity contribution is -0.134. The van der Waals surface area contributed by atoms with Crippen LogP contribution in [0.2, 0.25) is 0 Å². The summed E-state index contributed by atoms with van der Waals surface area (Å²) in [4.78, 5) is 28.0. The Bertz CT molecular complexity index is 865. The number of aromatic nitrogens is 1. The molecule has 8 heteroatoms. The highest BCUT2D eigenvalue weighted by molar-refractivity contribution is 5.95. The van der Waals surface area contributed by atoms with Gasteiger partial charge in [-0.1, -0.05) is 0 Å². The van der Waals surface area contributed by atoms with Crippen LogP contribution in [0.25, 0.3) is 0 Å². The number of amides is 1. The second-order valence-corrected chi connectivity index (χ2v) is 6.63. The number of nitrogens with zero attached hydrogens (tertiary/aromatic N) is 2. The first-order valence-electron chi connectivity index (χ1n) is 9.29. The molecule has 2 heterocycles. The van der Waals surface area contributed by atoms with Crippen molar-refractivity contribution >= 4 is 11.9 Å². The van der Waals surface area contributed by atoms with E-state index in [1.54, 1.807) is 25.3 Å². The van der Waals surface area contributed by atoms with Gasteiger partial charge in [0.2, 0.25) is 0 Å². The molecule has 0 atom stereocenters. The Morgan fingerprint density at radius 3 is 2.55 bits per heavy atom. The van der Waals surface area contributed by atoms with Crippen LogP contribution < -0.4 is 15.2 Å². The summed E-state index contributed by atoms with van der Waals surface area (Å²) in [7, 11) is 1.58. The number of nitrogens with two attached hydrogens (primary N) is 1. The minimum Gasteiger partial charge on any atom is -0.493 e. The van der Waals surface area contributed by atoms with E-state index in [0.717, 1.165) is 30.2 Å². The molecule has 3 N–H and O–H groups in total. The summed E-state index contributed by atoms with van der Waals surface area (Å²) in [5, 5.41) is 7.42. The van der Waals surface area contributed by atoms with Gasteiger partial charge in [-0.15, -0.1) is 0 Å². The normalized spacial score (nSPS) is 11.9. The number of aliphatic carboxylic acids is 1. The van der Waals surface area contributed by atoms with Gasteiger partial charge in [-0.3, -0.25) is 14.6 Å². The van der Waals surface area contributed by atoms with Crippen molar-refractivity contribution in [2.75, 3.05) is 20.3 Å². The predicted octanol–water partition coefficient (Wildman–Crippen LogP) is 2.37. The third kappa shape index (κ3) is 6.18. The number of carbonyl (C=O) groups is 2. The lowest BCUT2D eigenvalue weighted by Crippen LogP contribution is -2.25. The number of fused-ring (bicyclic) bond motifs is 1. The first kappa shape index (κ1) is 22.2. The molecular weight excluding hydrogens is 374 g/mol. The summed E-state index contributed by atoms with van der Waals surface area (Å²) in [6, 6.07) is 7.31. The van der Waals surface area contributed by atoms with Gasteiger partial charge in [0.1, 0.15) is 0 Å². The second-order valence-electron chi connectivity index (χ2n) is 6.63. The number of rotatable bonds is 6. The van der Waals surface area contributed by atoms with Crippen LogP contribution in [-0.2, 0) is 17.9 Å². The molecule has 0 aliphatic carbocycles. The summed E-state index contributed by atoms with van der Waals surface area (Å²) >= 11 is 0. The van der Waals surface area contributed by atoms with Gasteiger partial charge >= 0.3 is 0 Å². The van der Waals surface area contributed by atoms with Gasteiger partial charge < -0.3 is 25.2 Å². The Balaban J connectivity index is 0.000000687. The summed E-state index contributed by atoms with van der Waals surface area (Å²) in [5.74, 6) is 0.314. The number of hydrogen-bond donors (Lipinski definition) is 2. The highest BCUT2D eigenvalue weighted by Gasteiger charge is 2.25. The number of carbonyl (C=O) groups excluding carboxylic acids is 1. The Morgan fingerprint density at radius 2 is 1.90 bits per heavy atom. The fraction of sp³-hybridized carbons (Fsp3) is 0.381. The second kappa shape index (κ2) is 10.4. The van der Waals surface area contributed by atoms with Crippen molar-refractivity contribution in [1.82, 2.24) is 9.88 Å². The summed E-state index contributed by atoms with van der Waals surface area (Å²) in [6.07, 6.45) is 2.60. The van der Waals surface area contributed by atoms with E-state index in [1.807, 2.05) is 24.1 Å². The lowest BCUT2D eigenvalue weighted by atomic mass is 10.1. The van der Waals surface area contributed by atoms with E-state index in [4.69, 9.17) is 25.1 Å². The number of carboxylic acid groups (broad SMARTS) is 1.